The summed E-state index contributed by atoms with van der Waals surface area (Å²) >= 11 is 4.93. The van der Waals surface area contributed by atoms with E-state index in [1.54, 1.807) is 19.2 Å². The van der Waals surface area contributed by atoms with Gasteiger partial charge in [-0.2, -0.15) is 11.3 Å². The monoisotopic (exact) mass is 313 g/mol. The van der Waals surface area contributed by atoms with Crippen LogP contribution in [0, 0.1) is 0 Å². The van der Waals surface area contributed by atoms with Crippen molar-refractivity contribution >= 4 is 33.0 Å². The molecule has 3 nitrogen and oxygen atoms in total. The van der Waals surface area contributed by atoms with Crippen molar-refractivity contribution in [2.45, 2.75) is 6.10 Å². The van der Waals surface area contributed by atoms with Crippen LogP contribution in [0.5, 0.6) is 5.75 Å². The molecule has 1 heterocycles. The normalized spacial score (nSPS) is 12.4. The van der Waals surface area contributed by atoms with E-state index in [4.69, 9.17) is 10.5 Å². The standard InChI is InChI=1S/C12H12BrNO2S/c1-16-10-4-2-3-7(11(10)14)12(15)8-5-17-6-9(8)13/h2-6,12,15H,14H2,1H3. The smallest absolute Gasteiger partial charge is 0.142 e. The molecule has 1 aromatic heterocycles. The number of halogens is 1. The van der Waals surface area contributed by atoms with Gasteiger partial charge in [0.2, 0.25) is 0 Å². The molecule has 0 radical (unpaired) electrons. The second-order valence-corrected chi connectivity index (χ2v) is 5.14. The minimum atomic E-state index is -0.745. The van der Waals surface area contributed by atoms with Crippen molar-refractivity contribution in [3.05, 3.63) is 44.6 Å². The third-order valence-corrected chi connectivity index (χ3v) is 4.30. The summed E-state index contributed by atoms with van der Waals surface area (Å²) in [6.07, 6.45) is -0.745. The average molecular weight is 314 g/mol. The number of methoxy groups -OCH3 is 1. The molecule has 2 rings (SSSR count). The van der Waals surface area contributed by atoms with Gasteiger partial charge in [0.1, 0.15) is 11.9 Å². The molecule has 2 aromatic rings. The van der Waals surface area contributed by atoms with E-state index in [9.17, 15) is 5.11 Å². The van der Waals surface area contributed by atoms with Crippen LogP contribution in [-0.4, -0.2) is 12.2 Å². The number of hydrogen-bond acceptors (Lipinski definition) is 4. The van der Waals surface area contributed by atoms with Gasteiger partial charge in [-0.05, 0) is 27.4 Å². The van der Waals surface area contributed by atoms with Gasteiger partial charge < -0.3 is 15.6 Å². The summed E-state index contributed by atoms with van der Waals surface area (Å²) in [4.78, 5) is 0. The molecule has 1 unspecified atom stereocenters. The summed E-state index contributed by atoms with van der Waals surface area (Å²) in [7, 11) is 1.56. The molecular formula is C12H12BrNO2S. The Bertz CT molecular complexity index is 527. The molecule has 0 aliphatic heterocycles. The van der Waals surface area contributed by atoms with Crippen molar-refractivity contribution < 1.29 is 9.84 Å². The fourth-order valence-corrected chi connectivity index (χ4v) is 3.16. The molecule has 90 valence electrons. The molecule has 0 bridgehead atoms. The van der Waals surface area contributed by atoms with Gasteiger partial charge >= 0.3 is 0 Å². The lowest BCUT2D eigenvalue weighted by Crippen LogP contribution is -2.04. The molecule has 0 saturated heterocycles. The molecule has 0 amide bonds. The van der Waals surface area contributed by atoms with Crippen molar-refractivity contribution in [1.29, 1.82) is 0 Å². The number of benzene rings is 1. The molecule has 17 heavy (non-hydrogen) atoms. The van der Waals surface area contributed by atoms with Gasteiger partial charge in [-0.25, -0.2) is 0 Å². The number of rotatable bonds is 3. The van der Waals surface area contributed by atoms with E-state index in [0.29, 0.717) is 17.0 Å². The molecule has 1 atom stereocenters. The second kappa shape index (κ2) is 5.08. The van der Waals surface area contributed by atoms with E-state index < -0.39 is 6.10 Å². The fourth-order valence-electron chi connectivity index (χ4n) is 1.63. The van der Waals surface area contributed by atoms with Gasteiger partial charge in [0.25, 0.3) is 0 Å². The highest BCUT2D eigenvalue weighted by atomic mass is 79.9. The Hall–Kier alpha value is -1.04. The molecule has 3 N–H and O–H groups in total. The summed E-state index contributed by atoms with van der Waals surface area (Å²) in [5.74, 6) is 0.577. The minimum absolute atomic E-state index is 0.473. The molecule has 1 aromatic carbocycles. The van der Waals surface area contributed by atoms with Gasteiger partial charge in [0.05, 0.1) is 12.8 Å². The van der Waals surface area contributed by atoms with Gasteiger partial charge in [-0.1, -0.05) is 12.1 Å². The maximum absolute atomic E-state index is 10.3. The van der Waals surface area contributed by atoms with Crippen LogP contribution in [0.25, 0.3) is 0 Å². The number of aliphatic hydroxyl groups is 1. The van der Waals surface area contributed by atoms with E-state index in [1.165, 1.54) is 11.3 Å². The van der Waals surface area contributed by atoms with Crippen LogP contribution >= 0.6 is 27.3 Å². The Morgan fingerprint density at radius 1 is 1.35 bits per heavy atom. The zero-order valence-corrected chi connectivity index (χ0v) is 11.6. The largest absolute Gasteiger partial charge is 0.495 e. The topological polar surface area (TPSA) is 55.5 Å². The maximum Gasteiger partial charge on any atom is 0.142 e. The zero-order chi connectivity index (χ0) is 12.4. The molecule has 0 aliphatic rings. The molecule has 0 aliphatic carbocycles. The lowest BCUT2D eigenvalue weighted by Gasteiger charge is -2.15. The zero-order valence-electron chi connectivity index (χ0n) is 9.18. The highest BCUT2D eigenvalue weighted by Crippen LogP contribution is 2.36. The molecule has 0 spiro atoms. The number of para-hydroxylation sites is 1. The second-order valence-electron chi connectivity index (χ2n) is 3.54. The first-order valence-electron chi connectivity index (χ1n) is 4.97. The van der Waals surface area contributed by atoms with Gasteiger partial charge in [0.15, 0.2) is 0 Å². The van der Waals surface area contributed by atoms with Crippen molar-refractivity contribution in [1.82, 2.24) is 0 Å². The first kappa shape index (κ1) is 12.4. The SMILES string of the molecule is COc1cccc(C(O)c2cscc2Br)c1N. The van der Waals surface area contributed by atoms with Crippen molar-refractivity contribution in [3.8, 4) is 5.75 Å². The Balaban J connectivity index is 2.44. The number of anilines is 1. The average Bonchev–Trinajstić information content (AvgIpc) is 2.75. The number of nitrogen functional groups attached to an aromatic ring is 1. The Morgan fingerprint density at radius 3 is 2.71 bits per heavy atom. The third-order valence-electron chi connectivity index (χ3n) is 2.55. The molecule has 0 fully saturated rings. The van der Waals surface area contributed by atoms with Gasteiger partial charge in [0, 0.05) is 21.0 Å². The molecular weight excluding hydrogens is 302 g/mol. The van der Waals surface area contributed by atoms with Crippen LogP contribution < -0.4 is 10.5 Å². The Morgan fingerprint density at radius 2 is 2.12 bits per heavy atom. The lowest BCUT2D eigenvalue weighted by atomic mass is 10.0. The van der Waals surface area contributed by atoms with E-state index >= 15 is 0 Å². The van der Waals surface area contributed by atoms with Gasteiger partial charge in [-0.3, -0.25) is 0 Å². The summed E-state index contributed by atoms with van der Waals surface area (Å²) in [5, 5.41) is 14.1. The van der Waals surface area contributed by atoms with Crippen molar-refractivity contribution in [2.24, 2.45) is 0 Å². The van der Waals surface area contributed by atoms with Gasteiger partial charge in [-0.15, -0.1) is 0 Å². The summed E-state index contributed by atoms with van der Waals surface area (Å²) < 4.78 is 6.02. The van der Waals surface area contributed by atoms with Crippen molar-refractivity contribution in [2.75, 3.05) is 12.8 Å². The third kappa shape index (κ3) is 2.31. The highest BCUT2D eigenvalue weighted by molar-refractivity contribution is 9.10. The highest BCUT2D eigenvalue weighted by Gasteiger charge is 2.18. The molecule has 0 saturated carbocycles. The van der Waals surface area contributed by atoms with Crippen LogP contribution in [0.15, 0.2) is 33.4 Å². The van der Waals surface area contributed by atoms with Crippen LogP contribution in [0.2, 0.25) is 0 Å². The first-order valence-corrected chi connectivity index (χ1v) is 6.70. The van der Waals surface area contributed by atoms with E-state index in [0.717, 1.165) is 10.0 Å². The summed E-state index contributed by atoms with van der Waals surface area (Å²) in [6, 6.07) is 5.38. The number of nitrogens with two attached hydrogens (primary N) is 1. The molecule has 5 heteroatoms. The van der Waals surface area contributed by atoms with Crippen LogP contribution in [0.3, 0.4) is 0 Å². The number of hydrogen-bond donors (Lipinski definition) is 2. The first-order chi connectivity index (χ1) is 8.15. The maximum atomic E-state index is 10.3. The Labute approximate surface area is 112 Å². The van der Waals surface area contributed by atoms with Crippen LogP contribution in [0.1, 0.15) is 17.2 Å². The van der Waals surface area contributed by atoms with E-state index in [-0.39, 0.29) is 0 Å². The predicted octanol–water partition coefficient (Wildman–Crippen LogP) is 3.18. The quantitative estimate of drug-likeness (QED) is 0.856. The predicted molar refractivity (Wildman–Crippen MR) is 73.5 cm³/mol. The van der Waals surface area contributed by atoms with Crippen LogP contribution in [0.4, 0.5) is 5.69 Å². The number of thiophene rings is 1. The summed E-state index contributed by atoms with van der Waals surface area (Å²) in [5.41, 5.74) is 7.90. The van der Waals surface area contributed by atoms with Crippen molar-refractivity contribution in [3.63, 3.8) is 0 Å². The number of ether oxygens (including phenoxy) is 1. The Kier molecular flexibility index (Phi) is 3.71. The summed E-state index contributed by atoms with van der Waals surface area (Å²) in [6.45, 7) is 0. The minimum Gasteiger partial charge on any atom is -0.495 e. The van der Waals surface area contributed by atoms with E-state index in [2.05, 4.69) is 15.9 Å². The lowest BCUT2D eigenvalue weighted by molar-refractivity contribution is 0.220. The fraction of sp³-hybridized carbons (Fsp3) is 0.167. The number of aliphatic hydroxyl groups excluding tert-OH is 1. The van der Waals surface area contributed by atoms with E-state index in [1.807, 2.05) is 16.8 Å². The van der Waals surface area contributed by atoms with Crippen LogP contribution in [-0.2, 0) is 0 Å².